The molecule has 0 fully saturated rings. The molecule has 0 radical (unpaired) electrons. The molecule has 0 saturated heterocycles. The van der Waals surface area contributed by atoms with Crippen molar-refractivity contribution in [1.29, 1.82) is 0 Å². The van der Waals surface area contributed by atoms with Crippen LogP contribution in [0, 0.1) is 0 Å². The third kappa shape index (κ3) is 3.42. The number of nitrogens with zero attached hydrogens (tertiary/aromatic N) is 2. The van der Waals surface area contributed by atoms with Crippen LogP contribution in [0.5, 0.6) is 11.5 Å². The molecule has 1 N–H and O–H groups in total. The van der Waals surface area contributed by atoms with Gasteiger partial charge in [0.1, 0.15) is 23.6 Å². The Kier molecular flexibility index (Phi) is 5.15. The van der Waals surface area contributed by atoms with Crippen molar-refractivity contribution in [3.05, 3.63) is 64.4 Å². The maximum atomic E-state index is 12.7. The molecule has 0 spiro atoms. The summed E-state index contributed by atoms with van der Waals surface area (Å²) in [6.45, 7) is 2.16. The summed E-state index contributed by atoms with van der Waals surface area (Å²) in [7, 11) is 1.86. The van der Waals surface area contributed by atoms with E-state index in [4.69, 9.17) is 9.47 Å². The van der Waals surface area contributed by atoms with Crippen LogP contribution in [0.25, 0.3) is 21.8 Å². The van der Waals surface area contributed by atoms with Gasteiger partial charge in [-0.1, -0.05) is 18.2 Å². The molecule has 2 heterocycles. The topological polar surface area (TPSA) is 73.6 Å². The minimum Gasteiger partial charge on any atom is -0.507 e. The minimum absolute atomic E-state index is 0.0550. The Balaban J connectivity index is 1.81. The second kappa shape index (κ2) is 7.75. The number of esters is 1. The van der Waals surface area contributed by atoms with Gasteiger partial charge in [-0.25, -0.2) is 4.79 Å². The summed E-state index contributed by atoms with van der Waals surface area (Å²) in [4.78, 5) is 17.1. The van der Waals surface area contributed by atoms with Crippen molar-refractivity contribution >= 4 is 43.7 Å². The van der Waals surface area contributed by atoms with E-state index < -0.39 is 5.97 Å². The molecule has 4 rings (SSSR count). The van der Waals surface area contributed by atoms with Crippen LogP contribution in [0.2, 0.25) is 0 Å². The standard InChI is InChI=1S/C22H19BrN2O4/c1-3-28-22(27)20-14-10-18(26)15(23)11-16(14)25(2)17(20)12-29-19-8-4-6-13-7-5-9-24-21(13)19/h4-11,26H,3,12H2,1-2H3. The number of hydrogen-bond acceptors (Lipinski definition) is 5. The number of carbonyl (C=O) groups is 1. The number of aryl methyl sites for hydroxylation is 1. The molecule has 4 aromatic rings. The third-order valence-electron chi connectivity index (χ3n) is 4.83. The lowest BCUT2D eigenvalue weighted by atomic mass is 10.1. The number of ether oxygens (including phenoxy) is 2. The van der Waals surface area contributed by atoms with Gasteiger partial charge in [-0.2, -0.15) is 0 Å². The first-order valence-corrected chi connectivity index (χ1v) is 9.94. The molecule has 0 unspecified atom stereocenters. The number of aromatic nitrogens is 2. The fourth-order valence-electron chi connectivity index (χ4n) is 3.44. The predicted molar refractivity (Wildman–Crippen MR) is 114 cm³/mol. The summed E-state index contributed by atoms with van der Waals surface area (Å²) in [6, 6.07) is 12.9. The highest BCUT2D eigenvalue weighted by atomic mass is 79.9. The smallest absolute Gasteiger partial charge is 0.340 e. The van der Waals surface area contributed by atoms with Crippen molar-refractivity contribution in [1.82, 2.24) is 9.55 Å². The number of pyridine rings is 1. The van der Waals surface area contributed by atoms with Crippen LogP contribution in [0.1, 0.15) is 23.0 Å². The summed E-state index contributed by atoms with van der Waals surface area (Å²) >= 11 is 3.34. The zero-order valence-corrected chi connectivity index (χ0v) is 17.6. The minimum atomic E-state index is -0.450. The molecular weight excluding hydrogens is 436 g/mol. The summed E-state index contributed by atoms with van der Waals surface area (Å²) in [5, 5.41) is 11.7. The SMILES string of the molecule is CCOC(=O)c1c(COc2cccc3cccnc23)n(C)c2cc(Br)c(O)cc12. The Labute approximate surface area is 175 Å². The molecule has 0 aliphatic carbocycles. The van der Waals surface area contributed by atoms with Crippen molar-refractivity contribution in [2.75, 3.05) is 6.61 Å². The summed E-state index contributed by atoms with van der Waals surface area (Å²) in [6.07, 6.45) is 1.72. The second-order valence-electron chi connectivity index (χ2n) is 6.54. The number of phenols is 1. The van der Waals surface area contributed by atoms with Crippen LogP contribution in [-0.2, 0) is 18.4 Å². The molecule has 7 heteroatoms. The van der Waals surface area contributed by atoms with Gasteiger partial charge in [-0.3, -0.25) is 4.98 Å². The number of carbonyl (C=O) groups excluding carboxylic acids is 1. The molecule has 0 amide bonds. The van der Waals surface area contributed by atoms with Crippen molar-refractivity contribution in [3.63, 3.8) is 0 Å². The highest BCUT2D eigenvalue weighted by Gasteiger charge is 2.24. The summed E-state index contributed by atoms with van der Waals surface area (Å²) < 4.78 is 13.8. The van der Waals surface area contributed by atoms with E-state index in [9.17, 15) is 9.90 Å². The molecule has 6 nitrogen and oxygen atoms in total. The lowest BCUT2D eigenvalue weighted by Crippen LogP contribution is -2.11. The third-order valence-corrected chi connectivity index (χ3v) is 5.46. The number of phenolic OH excluding ortho intramolecular Hbond substituents is 1. The van der Waals surface area contributed by atoms with Gasteiger partial charge in [0.2, 0.25) is 0 Å². The Morgan fingerprint density at radius 2 is 2.03 bits per heavy atom. The first kappa shape index (κ1) is 19.3. The van der Waals surface area contributed by atoms with Crippen LogP contribution < -0.4 is 4.74 Å². The normalized spacial score (nSPS) is 11.1. The number of hydrogen-bond donors (Lipinski definition) is 1. The zero-order valence-electron chi connectivity index (χ0n) is 16.0. The molecule has 2 aromatic carbocycles. The van der Waals surface area contributed by atoms with E-state index in [1.165, 1.54) is 0 Å². The van der Waals surface area contributed by atoms with Crippen molar-refractivity contribution < 1.29 is 19.4 Å². The van der Waals surface area contributed by atoms with Crippen molar-refractivity contribution in [2.24, 2.45) is 7.05 Å². The van der Waals surface area contributed by atoms with Crippen molar-refractivity contribution in [2.45, 2.75) is 13.5 Å². The number of para-hydroxylation sites is 1. The largest absolute Gasteiger partial charge is 0.507 e. The highest BCUT2D eigenvalue weighted by Crippen LogP contribution is 2.35. The molecule has 0 aliphatic rings. The molecule has 0 saturated carbocycles. The van der Waals surface area contributed by atoms with E-state index in [0.717, 1.165) is 16.4 Å². The first-order valence-electron chi connectivity index (χ1n) is 9.14. The predicted octanol–water partition coefficient (Wildman–Crippen LogP) is 4.95. The van der Waals surface area contributed by atoms with Crippen LogP contribution in [0.15, 0.2) is 53.1 Å². The lowest BCUT2D eigenvalue weighted by molar-refractivity contribution is 0.0525. The Bertz CT molecular complexity index is 1230. The Hall–Kier alpha value is -3.06. The quantitative estimate of drug-likeness (QED) is 0.431. The molecule has 0 bridgehead atoms. The van der Waals surface area contributed by atoms with Gasteiger partial charge in [0.05, 0.1) is 27.9 Å². The van der Waals surface area contributed by atoms with E-state index in [1.54, 1.807) is 25.3 Å². The maximum Gasteiger partial charge on any atom is 0.340 e. The molecule has 0 atom stereocenters. The Morgan fingerprint density at radius 3 is 2.83 bits per heavy atom. The average Bonchev–Trinajstić information content (AvgIpc) is 2.98. The van der Waals surface area contributed by atoms with Gasteiger partial charge in [-0.05, 0) is 47.1 Å². The zero-order chi connectivity index (χ0) is 20.5. The average molecular weight is 455 g/mol. The van der Waals surface area contributed by atoms with Crippen LogP contribution in [0.4, 0.5) is 0 Å². The summed E-state index contributed by atoms with van der Waals surface area (Å²) in [5.74, 6) is 0.237. The fraction of sp³-hybridized carbons (Fsp3) is 0.182. The first-order chi connectivity index (χ1) is 14.0. The van der Waals surface area contributed by atoms with Gasteiger partial charge in [0.25, 0.3) is 0 Å². The fourth-order valence-corrected chi connectivity index (χ4v) is 3.77. The number of benzene rings is 2. The molecular formula is C22H19BrN2O4. The second-order valence-corrected chi connectivity index (χ2v) is 7.40. The van der Waals surface area contributed by atoms with Crippen molar-refractivity contribution in [3.8, 4) is 11.5 Å². The van der Waals surface area contributed by atoms with Crippen LogP contribution in [-0.4, -0.2) is 27.2 Å². The van der Waals surface area contributed by atoms with Gasteiger partial charge < -0.3 is 19.1 Å². The van der Waals surface area contributed by atoms with Gasteiger partial charge >= 0.3 is 5.97 Å². The number of halogens is 1. The van der Waals surface area contributed by atoms with Crippen LogP contribution in [0.3, 0.4) is 0 Å². The van der Waals surface area contributed by atoms with E-state index >= 15 is 0 Å². The van der Waals surface area contributed by atoms with Gasteiger partial charge in [0, 0.05) is 24.0 Å². The van der Waals surface area contributed by atoms with E-state index in [1.807, 2.05) is 41.9 Å². The van der Waals surface area contributed by atoms with E-state index in [0.29, 0.717) is 26.9 Å². The molecule has 2 aromatic heterocycles. The number of aromatic hydroxyl groups is 1. The molecule has 0 aliphatic heterocycles. The summed E-state index contributed by atoms with van der Waals surface area (Å²) in [5.41, 5.74) is 2.59. The van der Waals surface area contributed by atoms with E-state index in [2.05, 4.69) is 20.9 Å². The van der Waals surface area contributed by atoms with Gasteiger partial charge in [-0.15, -0.1) is 0 Å². The van der Waals surface area contributed by atoms with E-state index in [-0.39, 0.29) is 19.0 Å². The number of rotatable bonds is 5. The Morgan fingerprint density at radius 1 is 1.24 bits per heavy atom. The lowest BCUT2D eigenvalue weighted by Gasteiger charge is -2.11. The van der Waals surface area contributed by atoms with Gasteiger partial charge in [0.15, 0.2) is 0 Å². The van der Waals surface area contributed by atoms with Crippen LogP contribution >= 0.6 is 15.9 Å². The highest BCUT2D eigenvalue weighted by molar-refractivity contribution is 9.10. The molecule has 148 valence electrons. The molecule has 29 heavy (non-hydrogen) atoms. The monoisotopic (exact) mass is 454 g/mol. The number of fused-ring (bicyclic) bond motifs is 2. The maximum absolute atomic E-state index is 12.7.